The van der Waals surface area contributed by atoms with E-state index >= 15 is 0 Å². The third kappa shape index (κ3) is 11.3. The highest BCUT2D eigenvalue weighted by molar-refractivity contribution is 5.94. The van der Waals surface area contributed by atoms with Gasteiger partial charge in [0, 0.05) is 12.8 Å². The fourth-order valence-electron chi connectivity index (χ4n) is 3.53. The van der Waals surface area contributed by atoms with Gasteiger partial charge in [0.2, 0.25) is 23.6 Å². The molecule has 0 radical (unpaired) electrons. The van der Waals surface area contributed by atoms with Crippen LogP contribution in [0.4, 0.5) is 0 Å². The number of aliphatic carboxylic acids is 1. The summed E-state index contributed by atoms with van der Waals surface area (Å²) < 4.78 is 0. The molecule has 1 aromatic carbocycles. The molecule has 0 saturated carbocycles. The van der Waals surface area contributed by atoms with E-state index in [1.807, 2.05) is 13.8 Å². The van der Waals surface area contributed by atoms with Crippen LogP contribution in [0.15, 0.2) is 24.3 Å². The molecule has 12 nitrogen and oxygen atoms in total. The van der Waals surface area contributed by atoms with E-state index in [2.05, 4.69) is 16.0 Å². The topological polar surface area (TPSA) is 214 Å². The number of carbonyl (C=O) groups is 5. The molecule has 0 aliphatic heterocycles. The highest BCUT2D eigenvalue weighted by atomic mass is 16.4. The van der Waals surface area contributed by atoms with Crippen LogP contribution in [0, 0.1) is 11.8 Å². The molecule has 4 atom stereocenters. The summed E-state index contributed by atoms with van der Waals surface area (Å²) in [7, 11) is 0. The molecule has 1 rings (SSSR count). The van der Waals surface area contributed by atoms with Gasteiger partial charge in [-0.3, -0.25) is 19.2 Å². The van der Waals surface area contributed by atoms with Crippen molar-refractivity contribution in [2.45, 2.75) is 77.5 Å². The summed E-state index contributed by atoms with van der Waals surface area (Å²) >= 11 is 0. The highest BCUT2D eigenvalue weighted by Gasteiger charge is 2.32. The zero-order chi connectivity index (χ0) is 28.3. The number of hydrogen-bond acceptors (Lipinski definition) is 7. The Balaban J connectivity index is 2.96. The SMILES string of the molecule is CC(C)CC(NC(=O)C(NC(=O)C(N)CCC(N)=O)C(C)C)C(=O)NC(Cc1ccc(O)cc1)C(=O)O. The lowest BCUT2D eigenvalue weighted by molar-refractivity contribution is -0.142. The summed E-state index contributed by atoms with van der Waals surface area (Å²) in [4.78, 5) is 61.4. The minimum atomic E-state index is -1.27. The van der Waals surface area contributed by atoms with Gasteiger partial charge in [-0.25, -0.2) is 4.79 Å². The number of hydrogen-bond donors (Lipinski definition) is 7. The molecule has 0 spiro atoms. The molecule has 0 aliphatic rings. The number of phenolic OH excluding ortho intramolecular Hbond substituents is 1. The Morgan fingerprint density at radius 1 is 0.865 bits per heavy atom. The molecule has 0 saturated heterocycles. The van der Waals surface area contributed by atoms with Gasteiger partial charge in [0.15, 0.2) is 0 Å². The van der Waals surface area contributed by atoms with Crippen LogP contribution >= 0.6 is 0 Å². The summed E-state index contributed by atoms with van der Waals surface area (Å²) in [6.07, 6.45) is 0.125. The maximum absolute atomic E-state index is 13.1. The Morgan fingerprint density at radius 2 is 1.43 bits per heavy atom. The number of carbonyl (C=O) groups excluding carboxylic acids is 4. The predicted octanol–water partition coefficient (Wildman–Crippen LogP) is -0.231. The smallest absolute Gasteiger partial charge is 0.326 e. The van der Waals surface area contributed by atoms with Crippen molar-refractivity contribution >= 4 is 29.6 Å². The predicted molar refractivity (Wildman–Crippen MR) is 136 cm³/mol. The first kappa shape index (κ1) is 31.4. The Kier molecular flexibility index (Phi) is 12.5. The van der Waals surface area contributed by atoms with Gasteiger partial charge in [-0.05, 0) is 42.4 Å². The molecule has 0 aromatic heterocycles. The van der Waals surface area contributed by atoms with E-state index in [0.29, 0.717) is 5.56 Å². The molecule has 9 N–H and O–H groups in total. The monoisotopic (exact) mass is 521 g/mol. The van der Waals surface area contributed by atoms with Crippen molar-refractivity contribution in [3.05, 3.63) is 29.8 Å². The van der Waals surface area contributed by atoms with Crippen LogP contribution in [-0.4, -0.2) is 64.0 Å². The first-order valence-electron chi connectivity index (χ1n) is 12.2. The zero-order valence-corrected chi connectivity index (χ0v) is 21.7. The summed E-state index contributed by atoms with van der Waals surface area (Å²) in [5.74, 6) is -4.17. The molecule has 0 bridgehead atoms. The third-order valence-corrected chi connectivity index (χ3v) is 5.62. The zero-order valence-electron chi connectivity index (χ0n) is 21.7. The molecule has 0 fully saturated rings. The number of rotatable bonds is 15. The average Bonchev–Trinajstić information content (AvgIpc) is 2.80. The number of aromatic hydroxyl groups is 1. The molecule has 37 heavy (non-hydrogen) atoms. The maximum atomic E-state index is 13.1. The normalized spacial score (nSPS) is 14.4. The van der Waals surface area contributed by atoms with Crippen LogP contribution in [0.2, 0.25) is 0 Å². The van der Waals surface area contributed by atoms with Crippen LogP contribution in [0.25, 0.3) is 0 Å². The van der Waals surface area contributed by atoms with E-state index in [1.165, 1.54) is 12.1 Å². The van der Waals surface area contributed by atoms with Gasteiger partial charge in [0.25, 0.3) is 0 Å². The summed E-state index contributed by atoms with van der Waals surface area (Å²) in [5, 5.41) is 26.7. The van der Waals surface area contributed by atoms with Crippen molar-refractivity contribution < 1.29 is 34.2 Å². The van der Waals surface area contributed by atoms with Gasteiger partial charge < -0.3 is 37.6 Å². The van der Waals surface area contributed by atoms with E-state index < -0.39 is 53.8 Å². The lowest BCUT2D eigenvalue weighted by Gasteiger charge is -2.27. The second kappa shape index (κ2) is 14.8. The molecule has 0 aliphatic carbocycles. The van der Waals surface area contributed by atoms with Gasteiger partial charge in [0.05, 0.1) is 6.04 Å². The summed E-state index contributed by atoms with van der Waals surface area (Å²) in [6.45, 7) is 7.10. The van der Waals surface area contributed by atoms with Gasteiger partial charge in [-0.2, -0.15) is 0 Å². The van der Waals surface area contributed by atoms with E-state index in [0.717, 1.165) is 0 Å². The van der Waals surface area contributed by atoms with E-state index in [9.17, 15) is 34.2 Å². The number of amides is 4. The Bertz CT molecular complexity index is 949. The second-order valence-corrected chi connectivity index (χ2v) is 9.80. The number of carboxylic acid groups (broad SMARTS) is 1. The second-order valence-electron chi connectivity index (χ2n) is 9.80. The van der Waals surface area contributed by atoms with Crippen LogP contribution < -0.4 is 27.4 Å². The first-order chi connectivity index (χ1) is 17.2. The Labute approximate surface area is 216 Å². The van der Waals surface area contributed by atoms with Crippen LogP contribution in [0.1, 0.15) is 52.5 Å². The van der Waals surface area contributed by atoms with E-state index in [1.54, 1.807) is 26.0 Å². The third-order valence-electron chi connectivity index (χ3n) is 5.62. The van der Waals surface area contributed by atoms with Crippen molar-refractivity contribution in [2.75, 3.05) is 0 Å². The molecular weight excluding hydrogens is 482 g/mol. The lowest BCUT2D eigenvalue weighted by atomic mass is 9.98. The van der Waals surface area contributed by atoms with Gasteiger partial charge in [-0.15, -0.1) is 0 Å². The molecular formula is C25H39N5O7. The van der Waals surface area contributed by atoms with Gasteiger partial charge >= 0.3 is 5.97 Å². The first-order valence-corrected chi connectivity index (χ1v) is 12.2. The highest BCUT2D eigenvalue weighted by Crippen LogP contribution is 2.13. The lowest BCUT2D eigenvalue weighted by Crippen LogP contribution is -2.58. The van der Waals surface area contributed by atoms with Crippen LogP contribution in [0.3, 0.4) is 0 Å². The standard InChI is InChI=1S/C25H39N5O7/c1-13(2)11-18(23(34)29-19(25(36)37)12-15-5-7-16(31)8-6-15)28-24(35)21(14(3)4)30-22(33)17(26)9-10-20(27)32/h5-8,13-14,17-19,21,31H,9-12,26H2,1-4H3,(H2,27,32)(H,28,35)(H,29,34)(H,30,33)(H,36,37). The maximum Gasteiger partial charge on any atom is 0.326 e. The molecule has 4 amide bonds. The average molecular weight is 522 g/mol. The Hall–Kier alpha value is -3.67. The van der Waals surface area contributed by atoms with Crippen LogP contribution in [-0.2, 0) is 30.4 Å². The summed E-state index contributed by atoms with van der Waals surface area (Å²) in [5.41, 5.74) is 11.5. The minimum absolute atomic E-state index is 0.0174. The quantitative estimate of drug-likeness (QED) is 0.163. The molecule has 1 aromatic rings. The molecule has 12 heteroatoms. The van der Waals surface area contributed by atoms with Gasteiger partial charge in [0.1, 0.15) is 23.9 Å². The van der Waals surface area contributed by atoms with Crippen molar-refractivity contribution in [1.82, 2.24) is 16.0 Å². The number of nitrogens with two attached hydrogens (primary N) is 2. The number of primary amides is 1. The number of benzene rings is 1. The fraction of sp³-hybridized carbons (Fsp3) is 0.560. The van der Waals surface area contributed by atoms with Crippen LogP contribution in [0.5, 0.6) is 5.75 Å². The fourth-order valence-corrected chi connectivity index (χ4v) is 3.53. The molecule has 0 heterocycles. The van der Waals surface area contributed by atoms with E-state index in [4.69, 9.17) is 11.5 Å². The largest absolute Gasteiger partial charge is 0.508 e. The Morgan fingerprint density at radius 3 is 1.92 bits per heavy atom. The van der Waals surface area contributed by atoms with Crippen molar-refractivity contribution in [1.29, 1.82) is 0 Å². The molecule has 206 valence electrons. The van der Waals surface area contributed by atoms with Gasteiger partial charge in [-0.1, -0.05) is 39.8 Å². The summed E-state index contributed by atoms with van der Waals surface area (Å²) in [6, 6.07) is 1.53. The molecule has 4 unspecified atom stereocenters. The number of carboxylic acids is 1. The number of nitrogens with one attached hydrogen (secondary N) is 3. The van der Waals surface area contributed by atoms with Crippen molar-refractivity contribution in [3.63, 3.8) is 0 Å². The van der Waals surface area contributed by atoms with E-state index in [-0.39, 0.29) is 43.3 Å². The van der Waals surface area contributed by atoms with Crippen molar-refractivity contribution in [2.24, 2.45) is 23.3 Å². The van der Waals surface area contributed by atoms with Crippen molar-refractivity contribution in [3.8, 4) is 5.75 Å². The number of phenols is 1. The minimum Gasteiger partial charge on any atom is -0.508 e.